The number of aryl methyl sites for hydroxylation is 1. The molecule has 7 heteroatoms. The molecule has 0 aliphatic carbocycles. The summed E-state index contributed by atoms with van der Waals surface area (Å²) < 4.78 is 7.17. The fourth-order valence-corrected chi connectivity index (χ4v) is 1.90. The summed E-state index contributed by atoms with van der Waals surface area (Å²) in [7, 11) is 1.61. The molecule has 0 saturated carbocycles. The monoisotopic (exact) mass is 272 g/mol. The van der Waals surface area contributed by atoms with Crippen molar-refractivity contribution in [2.75, 3.05) is 13.7 Å². The van der Waals surface area contributed by atoms with Gasteiger partial charge in [0.2, 0.25) is 5.91 Å². The Hall–Kier alpha value is -1.21. The fraction of sp³-hybridized carbons (Fsp3) is 0.727. The Morgan fingerprint density at radius 1 is 1.67 bits per heavy atom. The zero-order valence-electron chi connectivity index (χ0n) is 11.0. The number of nitrogens with zero attached hydrogens (tertiary/aromatic N) is 2. The molecule has 2 N–H and O–H groups in total. The third-order valence-corrected chi connectivity index (χ3v) is 2.75. The first-order valence-corrected chi connectivity index (χ1v) is 6.41. The lowest BCUT2D eigenvalue weighted by molar-refractivity contribution is -0.122. The summed E-state index contributed by atoms with van der Waals surface area (Å²) in [5, 5.41) is 9.67. The molecule has 18 heavy (non-hydrogen) atoms. The van der Waals surface area contributed by atoms with Crippen molar-refractivity contribution in [1.29, 1.82) is 0 Å². The zero-order valence-corrected chi connectivity index (χ0v) is 11.8. The summed E-state index contributed by atoms with van der Waals surface area (Å²) >= 11 is 5.11. The number of aromatic amines is 1. The van der Waals surface area contributed by atoms with E-state index in [0.29, 0.717) is 11.4 Å². The summed E-state index contributed by atoms with van der Waals surface area (Å²) in [4.78, 5) is 11.8. The lowest BCUT2D eigenvalue weighted by atomic mass is 10.3. The summed E-state index contributed by atoms with van der Waals surface area (Å²) in [5.41, 5.74) is 0. The van der Waals surface area contributed by atoms with Crippen molar-refractivity contribution in [3.05, 3.63) is 10.6 Å². The normalized spacial score (nSPS) is 12.4. The lowest BCUT2D eigenvalue weighted by Crippen LogP contribution is -2.38. The number of ether oxygens (including phenoxy) is 1. The van der Waals surface area contributed by atoms with Crippen LogP contribution in [0.15, 0.2) is 0 Å². The first-order chi connectivity index (χ1) is 8.58. The molecule has 1 rings (SSSR count). The van der Waals surface area contributed by atoms with Gasteiger partial charge >= 0.3 is 0 Å². The van der Waals surface area contributed by atoms with Crippen LogP contribution in [-0.4, -0.2) is 40.4 Å². The van der Waals surface area contributed by atoms with Crippen LogP contribution in [-0.2, 0) is 22.5 Å². The van der Waals surface area contributed by atoms with E-state index in [1.807, 2.05) is 6.92 Å². The maximum atomic E-state index is 11.8. The minimum Gasteiger partial charge on any atom is -0.383 e. The van der Waals surface area contributed by atoms with E-state index in [9.17, 15) is 4.79 Å². The number of carbonyl (C=O) groups excluding carboxylic acids is 1. The van der Waals surface area contributed by atoms with Gasteiger partial charge in [0.25, 0.3) is 0 Å². The Kier molecular flexibility index (Phi) is 6.00. The molecule has 0 aliphatic rings. The summed E-state index contributed by atoms with van der Waals surface area (Å²) in [6.07, 6.45) is 1.76. The van der Waals surface area contributed by atoms with Gasteiger partial charge in [0.1, 0.15) is 12.4 Å². The van der Waals surface area contributed by atoms with Crippen LogP contribution in [0.25, 0.3) is 0 Å². The number of nitrogens with one attached hydrogen (secondary N) is 2. The molecule has 1 aromatic heterocycles. The van der Waals surface area contributed by atoms with Gasteiger partial charge in [0.15, 0.2) is 4.77 Å². The first-order valence-electron chi connectivity index (χ1n) is 6.00. The highest BCUT2D eigenvalue weighted by Gasteiger charge is 2.11. The predicted molar refractivity (Wildman–Crippen MR) is 70.9 cm³/mol. The van der Waals surface area contributed by atoms with Crippen molar-refractivity contribution in [2.24, 2.45) is 0 Å². The molecule has 1 aromatic rings. The zero-order chi connectivity index (χ0) is 13.5. The molecule has 0 aliphatic heterocycles. The van der Waals surface area contributed by atoms with Crippen LogP contribution in [0.3, 0.4) is 0 Å². The molecular formula is C11H20N4O2S. The first kappa shape index (κ1) is 14.8. The van der Waals surface area contributed by atoms with Crippen LogP contribution in [0.2, 0.25) is 0 Å². The Balaban J connectivity index is 2.63. The van der Waals surface area contributed by atoms with Gasteiger partial charge in [-0.3, -0.25) is 14.5 Å². The van der Waals surface area contributed by atoms with Gasteiger partial charge in [-0.25, -0.2) is 0 Å². The Bertz CT molecular complexity index is 440. The van der Waals surface area contributed by atoms with Crippen LogP contribution < -0.4 is 5.32 Å². The maximum absolute atomic E-state index is 11.8. The van der Waals surface area contributed by atoms with Crippen molar-refractivity contribution in [3.8, 4) is 0 Å². The van der Waals surface area contributed by atoms with Crippen LogP contribution in [0.5, 0.6) is 0 Å². The van der Waals surface area contributed by atoms with Gasteiger partial charge in [0, 0.05) is 19.6 Å². The second-order valence-electron chi connectivity index (χ2n) is 4.21. The van der Waals surface area contributed by atoms with E-state index in [0.717, 1.165) is 18.7 Å². The Morgan fingerprint density at radius 2 is 2.39 bits per heavy atom. The molecule has 102 valence electrons. The highest BCUT2D eigenvalue weighted by atomic mass is 32.1. The van der Waals surface area contributed by atoms with Crippen molar-refractivity contribution >= 4 is 18.1 Å². The van der Waals surface area contributed by atoms with Crippen molar-refractivity contribution < 1.29 is 9.53 Å². The van der Waals surface area contributed by atoms with Gasteiger partial charge < -0.3 is 10.1 Å². The molecule has 0 bridgehead atoms. The number of methoxy groups -OCH3 is 1. The van der Waals surface area contributed by atoms with Crippen LogP contribution >= 0.6 is 12.2 Å². The number of rotatable bonds is 7. The van der Waals surface area contributed by atoms with Gasteiger partial charge in [-0.2, -0.15) is 5.10 Å². The average molecular weight is 272 g/mol. The maximum Gasteiger partial charge on any atom is 0.240 e. The molecule has 0 aromatic carbocycles. The molecule has 1 heterocycles. The minimum absolute atomic E-state index is 0.0156. The third kappa shape index (κ3) is 4.23. The van der Waals surface area contributed by atoms with E-state index in [1.54, 1.807) is 11.7 Å². The van der Waals surface area contributed by atoms with Crippen LogP contribution in [0.4, 0.5) is 0 Å². The number of hydrogen-bond donors (Lipinski definition) is 2. The van der Waals surface area contributed by atoms with Crippen molar-refractivity contribution in [2.45, 2.75) is 39.3 Å². The van der Waals surface area contributed by atoms with E-state index < -0.39 is 0 Å². The highest BCUT2D eigenvalue weighted by Crippen LogP contribution is 2.01. The Labute approximate surface area is 112 Å². The summed E-state index contributed by atoms with van der Waals surface area (Å²) in [5.74, 6) is 0.728. The summed E-state index contributed by atoms with van der Waals surface area (Å²) in [6, 6.07) is -0.0156. The average Bonchev–Trinajstić information content (AvgIpc) is 2.62. The second kappa shape index (κ2) is 7.27. The number of amides is 1. The van der Waals surface area contributed by atoms with Gasteiger partial charge in [0.05, 0.1) is 6.61 Å². The Morgan fingerprint density at radius 3 is 3.00 bits per heavy atom. The molecule has 0 saturated heterocycles. The lowest BCUT2D eigenvalue weighted by Gasteiger charge is -2.13. The number of aromatic nitrogens is 3. The summed E-state index contributed by atoms with van der Waals surface area (Å²) in [6.45, 7) is 4.63. The van der Waals surface area contributed by atoms with E-state index in [-0.39, 0.29) is 18.5 Å². The SMILES string of the molecule is CCCc1n[nH]c(=S)n1CC(=O)NC(C)COC. The number of carbonyl (C=O) groups is 1. The van der Waals surface area contributed by atoms with E-state index >= 15 is 0 Å². The van der Waals surface area contributed by atoms with Crippen molar-refractivity contribution in [3.63, 3.8) is 0 Å². The molecule has 6 nitrogen and oxygen atoms in total. The van der Waals surface area contributed by atoms with Crippen molar-refractivity contribution in [1.82, 2.24) is 20.1 Å². The largest absolute Gasteiger partial charge is 0.383 e. The van der Waals surface area contributed by atoms with Crippen LogP contribution in [0, 0.1) is 4.77 Å². The van der Waals surface area contributed by atoms with Crippen LogP contribution in [0.1, 0.15) is 26.1 Å². The molecule has 1 unspecified atom stereocenters. The molecule has 1 atom stereocenters. The number of H-pyrrole nitrogens is 1. The standard InChI is InChI=1S/C11H20N4O2S/c1-4-5-9-13-14-11(18)15(9)6-10(16)12-8(2)7-17-3/h8H,4-7H2,1-3H3,(H,12,16)(H,14,18). The highest BCUT2D eigenvalue weighted by molar-refractivity contribution is 7.71. The number of hydrogen-bond acceptors (Lipinski definition) is 4. The molecule has 0 radical (unpaired) electrons. The fourth-order valence-electron chi connectivity index (χ4n) is 1.68. The van der Waals surface area contributed by atoms with E-state index in [2.05, 4.69) is 22.4 Å². The molecule has 1 amide bonds. The van der Waals surface area contributed by atoms with E-state index in [4.69, 9.17) is 17.0 Å². The second-order valence-corrected chi connectivity index (χ2v) is 4.59. The van der Waals surface area contributed by atoms with Gasteiger partial charge in [-0.15, -0.1) is 0 Å². The van der Waals surface area contributed by atoms with Gasteiger partial charge in [-0.1, -0.05) is 6.92 Å². The smallest absolute Gasteiger partial charge is 0.240 e. The molecule has 0 fully saturated rings. The third-order valence-electron chi connectivity index (χ3n) is 2.44. The molecular weight excluding hydrogens is 252 g/mol. The molecule has 0 spiro atoms. The van der Waals surface area contributed by atoms with Gasteiger partial charge in [-0.05, 0) is 25.6 Å². The quantitative estimate of drug-likeness (QED) is 0.728. The minimum atomic E-state index is -0.0885. The topological polar surface area (TPSA) is 71.9 Å². The predicted octanol–water partition coefficient (Wildman–Crippen LogP) is 1.04. The van der Waals surface area contributed by atoms with E-state index in [1.165, 1.54) is 0 Å².